The van der Waals surface area contributed by atoms with Gasteiger partial charge in [-0.2, -0.15) is 13.2 Å². The van der Waals surface area contributed by atoms with Crippen LogP contribution in [0.4, 0.5) is 19.0 Å². The van der Waals surface area contributed by atoms with Gasteiger partial charge in [-0.25, -0.2) is 4.98 Å². The number of alkyl halides is 3. The van der Waals surface area contributed by atoms with E-state index in [0.717, 1.165) is 18.1 Å². The van der Waals surface area contributed by atoms with Gasteiger partial charge in [0.15, 0.2) is 0 Å². The Labute approximate surface area is 114 Å². The first-order valence-electron chi connectivity index (χ1n) is 6.20. The van der Waals surface area contributed by atoms with Crippen LogP contribution >= 0.6 is 0 Å². The predicted molar refractivity (Wildman–Crippen MR) is 70.2 cm³/mol. The van der Waals surface area contributed by atoms with Gasteiger partial charge in [-0.3, -0.25) is 4.98 Å². The summed E-state index contributed by atoms with van der Waals surface area (Å²) >= 11 is 0. The molecule has 6 heteroatoms. The molecule has 1 N–H and O–H groups in total. The molecule has 0 fully saturated rings. The molecule has 0 unspecified atom stereocenters. The Bertz CT molecular complexity index is 547. The Morgan fingerprint density at radius 1 is 1.00 bits per heavy atom. The summed E-state index contributed by atoms with van der Waals surface area (Å²) in [5, 5.41) is 3.04. The monoisotopic (exact) mass is 281 g/mol. The molecule has 0 aliphatic heterocycles. The maximum Gasteiger partial charge on any atom is 0.433 e. The summed E-state index contributed by atoms with van der Waals surface area (Å²) in [4.78, 5) is 7.61. The fourth-order valence-corrected chi connectivity index (χ4v) is 1.63. The van der Waals surface area contributed by atoms with Crippen molar-refractivity contribution in [2.24, 2.45) is 0 Å². The first-order valence-corrected chi connectivity index (χ1v) is 6.20. The number of rotatable bonds is 4. The number of nitrogens with one attached hydrogen (secondary N) is 1. The number of nitrogens with zero attached hydrogens (tertiary/aromatic N) is 2. The molecule has 20 heavy (non-hydrogen) atoms. The number of aromatic nitrogens is 2. The summed E-state index contributed by atoms with van der Waals surface area (Å²) in [5.41, 5.74) is 0.915. The zero-order valence-corrected chi connectivity index (χ0v) is 10.9. The van der Waals surface area contributed by atoms with Crippen LogP contribution in [-0.2, 0) is 19.1 Å². The molecule has 0 radical (unpaired) electrons. The third-order valence-corrected chi connectivity index (χ3v) is 2.82. The van der Waals surface area contributed by atoms with E-state index in [1.54, 1.807) is 6.20 Å². The van der Waals surface area contributed by atoms with Gasteiger partial charge in [0, 0.05) is 18.9 Å². The lowest BCUT2D eigenvalue weighted by Gasteiger charge is -2.08. The van der Waals surface area contributed by atoms with Crippen molar-refractivity contribution in [3.05, 3.63) is 53.5 Å². The van der Waals surface area contributed by atoms with Crippen LogP contribution in [0, 0.1) is 0 Å². The number of hydrogen-bond donors (Lipinski definition) is 1. The molecule has 0 saturated carbocycles. The second-order valence-electron chi connectivity index (χ2n) is 4.31. The van der Waals surface area contributed by atoms with Crippen molar-refractivity contribution in [2.75, 3.05) is 5.32 Å². The van der Waals surface area contributed by atoms with E-state index in [1.165, 1.54) is 12.3 Å². The molecule has 106 valence electrons. The molecule has 0 aliphatic carbocycles. The van der Waals surface area contributed by atoms with Gasteiger partial charge in [0.1, 0.15) is 11.5 Å². The maximum absolute atomic E-state index is 12.4. The molecule has 2 rings (SSSR count). The number of hydrogen-bond acceptors (Lipinski definition) is 3. The number of halogens is 3. The largest absolute Gasteiger partial charge is 0.433 e. The molecular formula is C14H14F3N3. The SMILES string of the molecule is CCc1ccc(NCc2ccc(C(F)(F)F)nc2)nc1. The van der Waals surface area contributed by atoms with Crippen molar-refractivity contribution >= 4 is 5.82 Å². The third kappa shape index (κ3) is 3.69. The van der Waals surface area contributed by atoms with Gasteiger partial charge in [-0.1, -0.05) is 19.1 Å². The van der Waals surface area contributed by atoms with E-state index >= 15 is 0 Å². The zero-order chi connectivity index (χ0) is 14.6. The van der Waals surface area contributed by atoms with E-state index in [-0.39, 0.29) is 0 Å². The Kier molecular flexibility index (Phi) is 4.22. The minimum absolute atomic E-state index is 0.379. The zero-order valence-electron chi connectivity index (χ0n) is 10.9. The molecule has 0 saturated heterocycles. The smallest absolute Gasteiger partial charge is 0.366 e. The van der Waals surface area contributed by atoms with Crippen molar-refractivity contribution < 1.29 is 13.2 Å². The molecule has 0 spiro atoms. The standard InChI is InChI=1S/C14H14F3N3/c1-2-10-4-6-13(19-7-10)20-9-11-3-5-12(18-8-11)14(15,16)17/h3-8H,2,9H2,1H3,(H,19,20). The number of aryl methyl sites for hydroxylation is 1. The predicted octanol–water partition coefficient (Wildman–Crippen LogP) is 3.67. The fourth-order valence-electron chi connectivity index (χ4n) is 1.63. The molecule has 0 bridgehead atoms. The van der Waals surface area contributed by atoms with Crippen LogP contribution in [-0.4, -0.2) is 9.97 Å². The van der Waals surface area contributed by atoms with Crippen LogP contribution in [0.2, 0.25) is 0 Å². The molecule has 2 aromatic heterocycles. The average Bonchev–Trinajstić information content (AvgIpc) is 2.45. The van der Waals surface area contributed by atoms with E-state index in [0.29, 0.717) is 17.9 Å². The molecule has 2 aromatic rings. The van der Waals surface area contributed by atoms with Gasteiger partial charge in [-0.15, -0.1) is 0 Å². The van der Waals surface area contributed by atoms with Crippen LogP contribution in [0.25, 0.3) is 0 Å². The van der Waals surface area contributed by atoms with E-state index < -0.39 is 11.9 Å². The molecule has 0 aliphatic rings. The Morgan fingerprint density at radius 3 is 2.20 bits per heavy atom. The first kappa shape index (κ1) is 14.3. The van der Waals surface area contributed by atoms with E-state index in [2.05, 4.69) is 15.3 Å². The van der Waals surface area contributed by atoms with Gasteiger partial charge in [0.2, 0.25) is 0 Å². The van der Waals surface area contributed by atoms with Crippen LogP contribution in [0.15, 0.2) is 36.7 Å². The van der Waals surface area contributed by atoms with Crippen molar-refractivity contribution in [3.8, 4) is 0 Å². The summed E-state index contributed by atoms with van der Waals surface area (Å²) in [6.45, 7) is 2.42. The minimum Gasteiger partial charge on any atom is -0.366 e. The highest BCUT2D eigenvalue weighted by atomic mass is 19.4. The van der Waals surface area contributed by atoms with E-state index in [4.69, 9.17) is 0 Å². The van der Waals surface area contributed by atoms with Crippen molar-refractivity contribution in [2.45, 2.75) is 26.1 Å². The molecule has 0 amide bonds. The summed E-state index contributed by atoms with van der Waals surface area (Å²) in [6.07, 6.45) is -0.497. The lowest BCUT2D eigenvalue weighted by molar-refractivity contribution is -0.141. The molecular weight excluding hydrogens is 267 g/mol. The summed E-state index contributed by atoms with van der Waals surface area (Å²) in [7, 11) is 0. The van der Waals surface area contributed by atoms with E-state index in [1.807, 2.05) is 19.1 Å². The van der Waals surface area contributed by atoms with Gasteiger partial charge < -0.3 is 5.32 Å². The fraction of sp³-hybridized carbons (Fsp3) is 0.286. The molecule has 2 heterocycles. The number of anilines is 1. The van der Waals surface area contributed by atoms with E-state index in [9.17, 15) is 13.2 Å². The normalized spacial score (nSPS) is 11.4. The second-order valence-corrected chi connectivity index (χ2v) is 4.31. The molecule has 3 nitrogen and oxygen atoms in total. The minimum atomic E-state index is -4.40. The Morgan fingerprint density at radius 2 is 1.70 bits per heavy atom. The lowest BCUT2D eigenvalue weighted by Crippen LogP contribution is -2.08. The second kappa shape index (κ2) is 5.90. The summed E-state index contributed by atoms with van der Waals surface area (Å²) in [5.74, 6) is 0.682. The van der Waals surface area contributed by atoms with Gasteiger partial charge in [0.05, 0.1) is 0 Å². The van der Waals surface area contributed by atoms with Crippen molar-refractivity contribution in [1.29, 1.82) is 0 Å². The quantitative estimate of drug-likeness (QED) is 0.929. The Hall–Kier alpha value is -2.11. The highest BCUT2D eigenvalue weighted by Gasteiger charge is 2.31. The molecule has 0 atom stereocenters. The van der Waals surface area contributed by atoms with Gasteiger partial charge in [-0.05, 0) is 29.7 Å². The highest BCUT2D eigenvalue weighted by molar-refractivity contribution is 5.36. The topological polar surface area (TPSA) is 37.8 Å². The maximum atomic E-state index is 12.4. The molecule has 0 aromatic carbocycles. The number of pyridine rings is 2. The van der Waals surface area contributed by atoms with Crippen molar-refractivity contribution in [3.63, 3.8) is 0 Å². The van der Waals surface area contributed by atoms with Crippen LogP contribution < -0.4 is 5.32 Å². The first-order chi connectivity index (χ1) is 9.49. The summed E-state index contributed by atoms with van der Waals surface area (Å²) < 4.78 is 37.1. The average molecular weight is 281 g/mol. The summed E-state index contributed by atoms with van der Waals surface area (Å²) in [6, 6.07) is 6.19. The highest BCUT2D eigenvalue weighted by Crippen LogP contribution is 2.27. The Balaban J connectivity index is 1.96. The van der Waals surface area contributed by atoms with Gasteiger partial charge >= 0.3 is 6.18 Å². The van der Waals surface area contributed by atoms with Crippen LogP contribution in [0.1, 0.15) is 23.7 Å². The van der Waals surface area contributed by atoms with Gasteiger partial charge in [0.25, 0.3) is 0 Å². The van der Waals surface area contributed by atoms with Crippen LogP contribution in [0.5, 0.6) is 0 Å². The third-order valence-electron chi connectivity index (χ3n) is 2.82. The lowest BCUT2D eigenvalue weighted by atomic mass is 10.2. The van der Waals surface area contributed by atoms with Crippen LogP contribution in [0.3, 0.4) is 0 Å². The van der Waals surface area contributed by atoms with Crippen molar-refractivity contribution in [1.82, 2.24) is 9.97 Å².